The molecular formula is C31H51N2O4S2+. The van der Waals surface area contributed by atoms with E-state index in [1.807, 2.05) is 11.8 Å². The van der Waals surface area contributed by atoms with Crippen LogP contribution in [0.2, 0.25) is 0 Å². The van der Waals surface area contributed by atoms with E-state index in [1.54, 1.807) is 0 Å². The Kier molecular flexibility index (Phi) is 9.44. The number of thioether (sulfide) groups is 1. The summed E-state index contributed by atoms with van der Waals surface area (Å²) in [5.41, 5.74) is 1.28. The van der Waals surface area contributed by atoms with Gasteiger partial charge in [0, 0.05) is 31.5 Å². The van der Waals surface area contributed by atoms with E-state index in [4.69, 9.17) is 4.74 Å². The largest absolute Gasteiger partial charge is 0.474 e. The van der Waals surface area contributed by atoms with Crippen molar-refractivity contribution in [2.24, 2.45) is 23.7 Å². The predicted octanol–water partition coefficient (Wildman–Crippen LogP) is 6.48. The van der Waals surface area contributed by atoms with Crippen LogP contribution in [0.4, 0.5) is 0 Å². The van der Waals surface area contributed by atoms with Gasteiger partial charge in [0.05, 0.1) is 17.0 Å². The lowest BCUT2D eigenvalue weighted by Crippen LogP contribution is -2.48. The highest BCUT2D eigenvalue weighted by Crippen LogP contribution is 2.48. The maximum absolute atomic E-state index is 11.4. The SMILES string of the molecule is CCCN1C(=CC(=CC2=[N+](CCCS(=O)(=O)O)C3CC(C)C(C)CC3S2)CC)OC2CCC3CCCCC3C21. The highest BCUT2D eigenvalue weighted by molar-refractivity contribution is 8.14. The zero-order valence-corrected chi connectivity index (χ0v) is 26.2. The number of fused-ring (bicyclic) bond motifs is 4. The molecule has 1 saturated heterocycles. The molecule has 220 valence electrons. The van der Waals surface area contributed by atoms with Gasteiger partial charge >= 0.3 is 0 Å². The van der Waals surface area contributed by atoms with E-state index in [0.29, 0.717) is 48.2 Å². The van der Waals surface area contributed by atoms with Crippen molar-refractivity contribution in [1.82, 2.24) is 4.90 Å². The number of nitrogens with zero attached hydrogens (tertiary/aromatic N) is 2. The molecule has 0 amide bonds. The number of rotatable bonds is 9. The summed E-state index contributed by atoms with van der Waals surface area (Å²) in [7, 11) is -3.95. The zero-order valence-electron chi connectivity index (χ0n) is 24.6. The first-order chi connectivity index (χ1) is 18.7. The standard InChI is InChI=1S/C31H50N2O4S2/c1-5-14-33-29(37-27-13-12-24-10-7-8-11-25(24)31(27)33)19-23(6-2)20-30-32(15-9-16-39(34,35)36)26-17-21(3)22(4)18-28(26)38-30/h19-22,24-28,31H,5-18H2,1-4H3/p+1. The van der Waals surface area contributed by atoms with Crippen molar-refractivity contribution in [1.29, 1.82) is 0 Å². The van der Waals surface area contributed by atoms with E-state index >= 15 is 0 Å². The Morgan fingerprint density at radius 2 is 1.90 bits per heavy atom. The minimum absolute atomic E-state index is 0.177. The molecule has 0 aromatic carbocycles. The van der Waals surface area contributed by atoms with Crippen LogP contribution in [0, 0.1) is 23.7 Å². The van der Waals surface area contributed by atoms with E-state index in [1.165, 1.54) is 55.6 Å². The van der Waals surface area contributed by atoms with Gasteiger partial charge in [-0.05, 0) is 79.5 Å². The molecule has 1 N–H and O–H groups in total. The van der Waals surface area contributed by atoms with Crippen molar-refractivity contribution in [3.63, 3.8) is 0 Å². The van der Waals surface area contributed by atoms with Crippen molar-refractivity contribution in [2.75, 3.05) is 18.8 Å². The first-order valence-corrected chi connectivity index (χ1v) is 18.3. The molecule has 5 aliphatic rings. The lowest BCUT2D eigenvalue weighted by atomic mass is 9.67. The lowest BCUT2D eigenvalue weighted by Gasteiger charge is -2.44. The minimum atomic E-state index is -3.95. The molecule has 0 bridgehead atoms. The van der Waals surface area contributed by atoms with Gasteiger partial charge in [-0.1, -0.05) is 47.0 Å². The average Bonchev–Trinajstić information content (AvgIpc) is 3.40. The average molecular weight is 580 g/mol. The van der Waals surface area contributed by atoms with E-state index < -0.39 is 10.1 Å². The molecule has 0 spiro atoms. The molecule has 8 unspecified atom stereocenters. The maximum Gasteiger partial charge on any atom is 0.265 e. The van der Waals surface area contributed by atoms with Crippen molar-refractivity contribution in [3.8, 4) is 0 Å². The summed E-state index contributed by atoms with van der Waals surface area (Å²) < 4.78 is 41.4. The van der Waals surface area contributed by atoms with Crippen LogP contribution in [-0.2, 0) is 14.9 Å². The second-order valence-electron chi connectivity index (χ2n) is 13.0. The molecule has 0 aromatic heterocycles. The van der Waals surface area contributed by atoms with Gasteiger partial charge in [0.25, 0.3) is 10.1 Å². The second-order valence-corrected chi connectivity index (χ2v) is 15.8. The van der Waals surface area contributed by atoms with Crippen molar-refractivity contribution < 1.29 is 22.3 Å². The quantitative estimate of drug-likeness (QED) is 0.249. The molecule has 6 nitrogen and oxygen atoms in total. The number of ether oxygens (including phenoxy) is 1. The van der Waals surface area contributed by atoms with Crippen LogP contribution in [-0.4, -0.2) is 69.8 Å². The highest BCUT2D eigenvalue weighted by atomic mass is 32.2. The summed E-state index contributed by atoms with van der Waals surface area (Å²) in [5, 5.41) is 1.81. The van der Waals surface area contributed by atoms with Crippen LogP contribution < -0.4 is 0 Å². The molecule has 8 heteroatoms. The lowest BCUT2D eigenvalue weighted by molar-refractivity contribution is -0.563. The fourth-order valence-electron chi connectivity index (χ4n) is 8.15. The van der Waals surface area contributed by atoms with Gasteiger partial charge < -0.3 is 9.64 Å². The van der Waals surface area contributed by atoms with Gasteiger partial charge in [-0.3, -0.25) is 4.55 Å². The van der Waals surface area contributed by atoms with Crippen molar-refractivity contribution in [3.05, 3.63) is 23.6 Å². The monoisotopic (exact) mass is 579 g/mol. The molecule has 0 radical (unpaired) electrons. The van der Waals surface area contributed by atoms with E-state index in [-0.39, 0.29) is 5.75 Å². The van der Waals surface area contributed by atoms with E-state index in [2.05, 4.69) is 49.3 Å². The maximum atomic E-state index is 11.4. The summed E-state index contributed by atoms with van der Waals surface area (Å²) in [4.78, 5) is 2.62. The Balaban J connectivity index is 1.42. The molecule has 3 saturated carbocycles. The first kappa shape index (κ1) is 29.5. The summed E-state index contributed by atoms with van der Waals surface area (Å²) >= 11 is 1.98. The Labute approximate surface area is 241 Å². The fraction of sp³-hybridized carbons (Fsp3) is 0.839. The Bertz CT molecular complexity index is 1080. The van der Waals surface area contributed by atoms with Crippen LogP contribution in [0.25, 0.3) is 0 Å². The van der Waals surface area contributed by atoms with Crippen LogP contribution in [0.5, 0.6) is 0 Å². The molecule has 4 fully saturated rings. The van der Waals surface area contributed by atoms with Crippen molar-refractivity contribution in [2.45, 2.75) is 122 Å². The third-order valence-corrected chi connectivity index (χ3v) is 12.6. The van der Waals surface area contributed by atoms with Crippen molar-refractivity contribution >= 4 is 26.9 Å². The van der Waals surface area contributed by atoms with Crippen LogP contribution in [0.15, 0.2) is 23.6 Å². The van der Waals surface area contributed by atoms with Gasteiger partial charge in [-0.25, -0.2) is 4.58 Å². The molecule has 5 rings (SSSR count). The number of hydrogen-bond donors (Lipinski definition) is 1. The summed E-state index contributed by atoms with van der Waals surface area (Å²) in [5.74, 6) is 3.91. The topological polar surface area (TPSA) is 69.9 Å². The normalized spacial score (nSPS) is 38.0. The van der Waals surface area contributed by atoms with Gasteiger partial charge in [0.2, 0.25) is 5.04 Å². The zero-order chi connectivity index (χ0) is 27.7. The van der Waals surface area contributed by atoms with Crippen LogP contribution in [0.3, 0.4) is 0 Å². The minimum Gasteiger partial charge on any atom is -0.474 e. The molecule has 8 atom stereocenters. The smallest absolute Gasteiger partial charge is 0.265 e. The Morgan fingerprint density at radius 3 is 2.64 bits per heavy atom. The third kappa shape index (κ3) is 6.58. The van der Waals surface area contributed by atoms with E-state index in [0.717, 1.165) is 43.5 Å². The van der Waals surface area contributed by atoms with Gasteiger partial charge in [-0.15, -0.1) is 0 Å². The molecular weight excluding hydrogens is 528 g/mol. The predicted molar refractivity (Wildman–Crippen MR) is 161 cm³/mol. The highest BCUT2D eigenvalue weighted by Gasteiger charge is 2.50. The van der Waals surface area contributed by atoms with E-state index in [9.17, 15) is 13.0 Å². The molecule has 39 heavy (non-hydrogen) atoms. The fourth-order valence-corrected chi connectivity index (χ4v) is 10.4. The molecule has 2 aliphatic heterocycles. The molecule has 0 aromatic rings. The molecule has 2 heterocycles. The third-order valence-electron chi connectivity index (χ3n) is 10.4. The number of hydrogen-bond acceptors (Lipinski definition) is 5. The molecule has 3 aliphatic carbocycles. The van der Waals surface area contributed by atoms with Crippen LogP contribution >= 0.6 is 11.8 Å². The second kappa shape index (κ2) is 12.5. The summed E-state index contributed by atoms with van der Waals surface area (Å²) in [6, 6.07) is 0.967. The summed E-state index contributed by atoms with van der Waals surface area (Å²) in [6.07, 6.45) is 17.9. The van der Waals surface area contributed by atoms with Gasteiger partial charge in [0.1, 0.15) is 12.6 Å². The summed E-state index contributed by atoms with van der Waals surface area (Å²) in [6.45, 7) is 11.0. The van der Waals surface area contributed by atoms with Gasteiger partial charge in [0.15, 0.2) is 11.9 Å². The first-order valence-electron chi connectivity index (χ1n) is 15.8. The van der Waals surface area contributed by atoms with Gasteiger partial charge in [-0.2, -0.15) is 8.42 Å². The Morgan fingerprint density at radius 1 is 1.13 bits per heavy atom. The number of allylic oxidation sites excluding steroid dienone is 2. The van der Waals surface area contributed by atoms with Crippen LogP contribution in [0.1, 0.15) is 98.3 Å². The Hall–Kier alpha value is -0.990.